The van der Waals surface area contributed by atoms with Gasteiger partial charge >= 0.3 is 33.7 Å². The molecule has 3 rings (SSSR count). The number of carbonyl (C=O) groups is 2. The van der Waals surface area contributed by atoms with Crippen molar-refractivity contribution in [2.75, 3.05) is 7.11 Å². The van der Waals surface area contributed by atoms with Crippen LogP contribution in [0.25, 0.3) is 0 Å². The molecular formula is C25H42O5Ti. The average Bonchev–Trinajstić information content (AvgIpc) is 2.96. The van der Waals surface area contributed by atoms with Gasteiger partial charge in [0.25, 0.3) is 0 Å². The quantitative estimate of drug-likeness (QED) is 0.365. The van der Waals surface area contributed by atoms with Crippen molar-refractivity contribution in [1.29, 1.82) is 0 Å². The number of fused-ring (bicyclic) bond motifs is 1. The fourth-order valence-electron chi connectivity index (χ4n) is 3.51. The van der Waals surface area contributed by atoms with Crippen molar-refractivity contribution in [2.45, 2.75) is 93.4 Å². The molecule has 31 heavy (non-hydrogen) atoms. The van der Waals surface area contributed by atoms with Gasteiger partial charge in [0.2, 0.25) is 0 Å². The number of carboxylic acid groups (broad SMARTS) is 2. The second kappa shape index (κ2) is 14.2. The summed E-state index contributed by atoms with van der Waals surface area (Å²) in [5, 5.41) is 24.8. The molecule has 0 amide bonds. The monoisotopic (exact) mass is 470 g/mol. The third kappa shape index (κ3) is 10.4. The van der Waals surface area contributed by atoms with Crippen LogP contribution in [0, 0.1) is 23.2 Å². The van der Waals surface area contributed by atoms with E-state index in [9.17, 15) is 9.59 Å². The van der Waals surface area contributed by atoms with E-state index in [0.717, 1.165) is 13.0 Å². The summed E-state index contributed by atoms with van der Waals surface area (Å²) < 4.78 is 0. The number of allylic oxidation sites excluding steroid dienone is 4. The largest absolute Gasteiger partial charge is 2.00 e. The molecular weight excluding hydrogens is 428 g/mol. The molecule has 0 saturated heterocycles. The molecule has 0 aromatic carbocycles. The van der Waals surface area contributed by atoms with E-state index in [1.807, 2.05) is 0 Å². The molecule has 1 atom stereocenters. The summed E-state index contributed by atoms with van der Waals surface area (Å²) in [6.07, 6.45) is 12.2. The summed E-state index contributed by atoms with van der Waals surface area (Å²) in [5.74, 6) is -0.736. The fourth-order valence-corrected chi connectivity index (χ4v) is 3.51. The Morgan fingerprint density at radius 1 is 0.839 bits per heavy atom. The Labute approximate surface area is 204 Å². The van der Waals surface area contributed by atoms with E-state index >= 15 is 0 Å². The molecule has 0 bridgehead atoms. The van der Waals surface area contributed by atoms with E-state index in [1.165, 1.54) is 44.9 Å². The minimum atomic E-state index is -0.757. The van der Waals surface area contributed by atoms with Crippen LogP contribution in [0.1, 0.15) is 93.4 Å². The van der Waals surface area contributed by atoms with Crippen LogP contribution in [-0.2, 0) is 31.3 Å². The summed E-state index contributed by atoms with van der Waals surface area (Å²) in [6.45, 7) is 12.4. The second-order valence-corrected chi connectivity index (χ2v) is 10.1. The molecule has 0 radical (unpaired) electrons. The van der Waals surface area contributed by atoms with Crippen molar-refractivity contribution in [3.63, 3.8) is 0 Å². The molecule has 0 heterocycles. The van der Waals surface area contributed by atoms with Crippen molar-refractivity contribution in [3.8, 4) is 0 Å². The number of carboxylic acids is 2. The molecule has 0 aromatic rings. The molecule has 0 spiro atoms. The van der Waals surface area contributed by atoms with Gasteiger partial charge in [-0.2, -0.15) is 12.7 Å². The first-order chi connectivity index (χ1) is 13.8. The van der Waals surface area contributed by atoms with Crippen molar-refractivity contribution in [1.82, 2.24) is 0 Å². The van der Waals surface area contributed by atoms with Crippen molar-refractivity contribution in [2.24, 2.45) is 16.7 Å². The first-order valence-corrected chi connectivity index (χ1v) is 10.9. The van der Waals surface area contributed by atoms with Gasteiger partial charge in [-0.3, -0.25) is 9.59 Å². The third-order valence-corrected chi connectivity index (χ3v) is 5.49. The molecule has 0 aromatic heterocycles. The van der Waals surface area contributed by atoms with Crippen LogP contribution in [0.15, 0.2) is 22.3 Å². The van der Waals surface area contributed by atoms with Crippen LogP contribution in [0.2, 0.25) is 0 Å². The first kappa shape index (κ1) is 32.1. The summed E-state index contributed by atoms with van der Waals surface area (Å²) in [6, 6.07) is 0. The Morgan fingerprint density at radius 3 is 1.65 bits per heavy atom. The van der Waals surface area contributed by atoms with Gasteiger partial charge in [0, 0.05) is 0 Å². The summed E-state index contributed by atoms with van der Waals surface area (Å²) in [7, 11) is 0.750. The smallest absolute Gasteiger partial charge is 0.857 e. The number of rotatable bonds is 0. The van der Waals surface area contributed by atoms with Crippen LogP contribution >= 0.6 is 0 Å². The Bertz CT molecular complexity index is 592. The van der Waals surface area contributed by atoms with Crippen LogP contribution in [0.3, 0.4) is 0 Å². The van der Waals surface area contributed by atoms with Gasteiger partial charge in [-0.05, 0) is 66.7 Å². The zero-order chi connectivity index (χ0) is 23.7. The molecule has 3 aliphatic carbocycles. The molecule has 6 heteroatoms. The number of aliphatic carboxylic acids is 2. The Kier molecular flexibility index (Phi) is 14.7. The predicted molar refractivity (Wildman–Crippen MR) is 120 cm³/mol. The standard InChI is InChI=1S/C14H19.2C5H10O2.CH3O.Ti/c1-10-11-6-2-4-8-13(11)14-9-5-3-7-12(10)14;2*1-5(2,3)4(6)7;1-2;/h6,10H,2-5,7-9H2,1H3;2*1-3H3,(H,6,7);1H3;/q-1;;;-1;+2. The predicted octanol–water partition coefficient (Wildman–Crippen LogP) is 5.40. The van der Waals surface area contributed by atoms with E-state index in [4.69, 9.17) is 15.3 Å². The fraction of sp³-hybridized carbons (Fsp3) is 0.720. The maximum absolute atomic E-state index is 10.0. The zero-order valence-corrected chi connectivity index (χ0v) is 22.3. The minimum absolute atomic E-state index is 0. The first-order valence-electron chi connectivity index (χ1n) is 10.9. The minimum Gasteiger partial charge on any atom is -0.857 e. The van der Waals surface area contributed by atoms with E-state index < -0.39 is 22.8 Å². The molecule has 5 nitrogen and oxygen atoms in total. The zero-order valence-electron chi connectivity index (χ0n) is 20.7. The maximum Gasteiger partial charge on any atom is 2.00 e. The number of hydrogen-bond acceptors (Lipinski definition) is 3. The SMILES string of the molecule is CC(C)(C)C(=O)O.CC(C)(C)C(=O)O.CC1C2=C(CCC[CH-]2)C2=C1CCCC2.C[O-].[Ti+2]. The topological polar surface area (TPSA) is 97.7 Å². The Morgan fingerprint density at radius 2 is 1.23 bits per heavy atom. The van der Waals surface area contributed by atoms with Crippen molar-refractivity contribution in [3.05, 3.63) is 28.7 Å². The van der Waals surface area contributed by atoms with E-state index in [0.29, 0.717) is 0 Å². The van der Waals surface area contributed by atoms with Gasteiger partial charge in [0.05, 0.1) is 10.8 Å². The van der Waals surface area contributed by atoms with Crippen LogP contribution in [0.5, 0.6) is 0 Å². The summed E-state index contributed by atoms with van der Waals surface area (Å²) >= 11 is 0. The average molecular weight is 470 g/mol. The summed E-state index contributed by atoms with van der Waals surface area (Å²) in [5.41, 5.74) is 5.90. The molecule has 0 aliphatic heterocycles. The maximum atomic E-state index is 10.0. The van der Waals surface area contributed by atoms with E-state index in [-0.39, 0.29) is 21.7 Å². The van der Waals surface area contributed by atoms with Gasteiger partial charge < -0.3 is 15.3 Å². The van der Waals surface area contributed by atoms with Gasteiger partial charge in [-0.1, -0.05) is 31.8 Å². The molecule has 0 fully saturated rings. The summed E-state index contributed by atoms with van der Waals surface area (Å²) in [4.78, 5) is 20.0. The molecule has 2 N–H and O–H groups in total. The molecule has 0 saturated carbocycles. The van der Waals surface area contributed by atoms with Crippen molar-refractivity contribution < 1.29 is 46.6 Å². The second-order valence-electron chi connectivity index (χ2n) is 10.1. The normalized spacial score (nSPS) is 19.5. The van der Waals surface area contributed by atoms with E-state index in [1.54, 1.807) is 63.8 Å². The Hall–Kier alpha value is -1.04. The van der Waals surface area contributed by atoms with Gasteiger partial charge in [0.15, 0.2) is 0 Å². The number of hydrogen-bond donors (Lipinski definition) is 2. The van der Waals surface area contributed by atoms with Crippen LogP contribution < -0.4 is 5.11 Å². The third-order valence-electron chi connectivity index (χ3n) is 5.49. The molecule has 1 unspecified atom stereocenters. The van der Waals surface area contributed by atoms with Gasteiger partial charge in [-0.25, -0.2) is 12.0 Å². The van der Waals surface area contributed by atoms with E-state index in [2.05, 4.69) is 13.3 Å². The molecule has 3 aliphatic rings. The van der Waals surface area contributed by atoms with Gasteiger partial charge in [0.1, 0.15) is 0 Å². The van der Waals surface area contributed by atoms with Gasteiger partial charge in [-0.15, -0.1) is 12.0 Å². The molecule has 176 valence electrons. The Balaban J connectivity index is 0. The van der Waals surface area contributed by atoms with Crippen LogP contribution in [0.4, 0.5) is 0 Å². The van der Waals surface area contributed by atoms with Crippen molar-refractivity contribution >= 4 is 11.9 Å². The van der Waals surface area contributed by atoms with Crippen LogP contribution in [-0.4, -0.2) is 29.3 Å².